The van der Waals surface area contributed by atoms with Crippen molar-refractivity contribution in [3.8, 4) is 0 Å². The van der Waals surface area contributed by atoms with Gasteiger partial charge in [0.2, 0.25) is 0 Å². The summed E-state index contributed by atoms with van der Waals surface area (Å²) in [4.78, 5) is 0. The fourth-order valence-electron chi connectivity index (χ4n) is 3.74. The summed E-state index contributed by atoms with van der Waals surface area (Å²) in [5, 5.41) is 4.08. The third kappa shape index (κ3) is 2.85. The lowest BCUT2D eigenvalue weighted by atomic mass is 9.94. The van der Waals surface area contributed by atoms with Crippen molar-refractivity contribution in [1.82, 2.24) is 5.09 Å². The van der Waals surface area contributed by atoms with Gasteiger partial charge in [0.25, 0.3) is 0 Å². The van der Waals surface area contributed by atoms with Gasteiger partial charge in [0.05, 0.1) is 0 Å². The molecule has 0 radical (unpaired) electrons. The third-order valence-electron chi connectivity index (χ3n) is 5.19. The predicted octanol–water partition coefficient (Wildman–Crippen LogP) is 5.80. The standard InChI is InChI=1S/C20H24NP/c1-3-8-16(9-4-1)19-14-15-20(17-10-5-2-6-11-17)22(19)21-18-12-7-13-18/h1-6,8-11,18-21H,7,12-15H2. The van der Waals surface area contributed by atoms with E-state index in [-0.39, 0.29) is 8.07 Å². The normalized spacial score (nSPS) is 28.5. The number of rotatable bonds is 4. The Hall–Kier alpha value is -1.17. The highest BCUT2D eigenvalue weighted by Gasteiger charge is 2.39. The van der Waals surface area contributed by atoms with Crippen LogP contribution >= 0.6 is 8.07 Å². The highest BCUT2D eigenvalue weighted by atomic mass is 31.1. The lowest BCUT2D eigenvalue weighted by Gasteiger charge is -2.35. The molecule has 2 aromatic carbocycles. The van der Waals surface area contributed by atoms with Gasteiger partial charge >= 0.3 is 0 Å². The molecule has 2 heteroatoms. The lowest BCUT2D eigenvalue weighted by molar-refractivity contribution is 0.391. The summed E-state index contributed by atoms with van der Waals surface area (Å²) in [5.41, 5.74) is 4.53. The molecule has 22 heavy (non-hydrogen) atoms. The van der Waals surface area contributed by atoms with E-state index in [9.17, 15) is 0 Å². The second-order valence-corrected chi connectivity index (χ2v) is 8.91. The van der Waals surface area contributed by atoms with Crippen LogP contribution in [0.4, 0.5) is 0 Å². The first kappa shape index (κ1) is 14.4. The summed E-state index contributed by atoms with van der Waals surface area (Å²) in [7, 11) is -0.169. The molecular formula is C20H24NP. The Bertz CT molecular complexity index is 546. The van der Waals surface area contributed by atoms with Gasteiger partial charge in [0, 0.05) is 17.4 Å². The Balaban J connectivity index is 1.61. The predicted molar refractivity (Wildman–Crippen MR) is 95.3 cm³/mol. The van der Waals surface area contributed by atoms with Gasteiger partial charge in [-0.1, -0.05) is 67.1 Å². The van der Waals surface area contributed by atoms with E-state index < -0.39 is 0 Å². The molecule has 1 saturated heterocycles. The van der Waals surface area contributed by atoms with Gasteiger partial charge in [0.1, 0.15) is 0 Å². The van der Waals surface area contributed by atoms with Crippen molar-refractivity contribution in [1.29, 1.82) is 0 Å². The first-order valence-corrected chi connectivity index (χ1v) is 10.0. The Morgan fingerprint density at radius 2 is 1.18 bits per heavy atom. The molecule has 2 aliphatic rings. The Kier molecular flexibility index (Phi) is 4.28. The van der Waals surface area contributed by atoms with Crippen LogP contribution in [0.2, 0.25) is 0 Å². The first-order valence-electron chi connectivity index (χ1n) is 8.56. The van der Waals surface area contributed by atoms with E-state index in [1.807, 2.05) is 0 Å². The van der Waals surface area contributed by atoms with E-state index >= 15 is 0 Å². The SMILES string of the molecule is c1ccc(C2CCC(c3ccccc3)P2NC2CCC2)cc1. The first-order chi connectivity index (χ1) is 10.9. The van der Waals surface area contributed by atoms with E-state index in [2.05, 4.69) is 65.8 Å². The van der Waals surface area contributed by atoms with Crippen LogP contribution in [0, 0.1) is 0 Å². The summed E-state index contributed by atoms with van der Waals surface area (Å²) < 4.78 is 0. The molecule has 1 aliphatic heterocycles. The average Bonchev–Trinajstić information content (AvgIpc) is 2.96. The maximum atomic E-state index is 4.08. The zero-order valence-electron chi connectivity index (χ0n) is 13.0. The van der Waals surface area contributed by atoms with E-state index in [0.717, 1.165) is 17.4 Å². The van der Waals surface area contributed by atoms with Crippen molar-refractivity contribution in [2.75, 3.05) is 0 Å². The summed E-state index contributed by atoms with van der Waals surface area (Å²) in [6.07, 6.45) is 6.82. The number of benzene rings is 2. The zero-order chi connectivity index (χ0) is 14.8. The minimum Gasteiger partial charge on any atom is -0.292 e. The van der Waals surface area contributed by atoms with Crippen LogP contribution in [0.25, 0.3) is 0 Å². The average molecular weight is 309 g/mol. The molecule has 0 bridgehead atoms. The molecule has 1 saturated carbocycles. The van der Waals surface area contributed by atoms with E-state index in [4.69, 9.17) is 0 Å². The van der Waals surface area contributed by atoms with E-state index in [1.165, 1.54) is 32.1 Å². The van der Waals surface area contributed by atoms with Crippen LogP contribution in [0.1, 0.15) is 54.5 Å². The van der Waals surface area contributed by atoms with Crippen molar-refractivity contribution >= 4 is 8.07 Å². The molecule has 0 aromatic heterocycles. The highest BCUT2D eigenvalue weighted by Crippen LogP contribution is 2.68. The third-order valence-corrected chi connectivity index (χ3v) is 8.31. The summed E-state index contributed by atoms with van der Waals surface area (Å²) in [6.45, 7) is 0. The number of hydrogen-bond acceptors (Lipinski definition) is 1. The largest absolute Gasteiger partial charge is 0.292 e. The van der Waals surface area contributed by atoms with Crippen LogP contribution in [0.5, 0.6) is 0 Å². The summed E-state index contributed by atoms with van der Waals surface area (Å²) in [5.74, 6) is 0. The van der Waals surface area contributed by atoms with Crippen molar-refractivity contribution in [2.45, 2.75) is 49.5 Å². The monoisotopic (exact) mass is 309 g/mol. The van der Waals surface area contributed by atoms with Gasteiger partial charge in [-0.3, -0.25) is 5.09 Å². The fraction of sp³-hybridized carbons (Fsp3) is 0.400. The van der Waals surface area contributed by atoms with Crippen LogP contribution in [-0.4, -0.2) is 6.04 Å². The molecule has 1 heterocycles. The molecule has 2 unspecified atom stereocenters. The summed E-state index contributed by atoms with van der Waals surface area (Å²) in [6, 6.07) is 23.1. The van der Waals surface area contributed by atoms with Crippen molar-refractivity contribution in [3.63, 3.8) is 0 Å². The maximum Gasteiger partial charge on any atom is 0.0178 e. The van der Waals surface area contributed by atoms with E-state index in [1.54, 1.807) is 11.1 Å². The topological polar surface area (TPSA) is 12.0 Å². The molecule has 114 valence electrons. The molecular weight excluding hydrogens is 285 g/mol. The second-order valence-electron chi connectivity index (χ2n) is 6.59. The molecule has 2 aromatic rings. The molecule has 1 aliphatic carbocycles. The molecule has 2 fully saturated rings. The minimum absolute atomic E-state index is 0.169. The van der Waals surface area contributed by atoms with Crippen molar-refractivity contribution in [3.05, 3.63) is 71.8 Å². The zero-order valence-corrected chi connectivity index (χ0v) is 13.9. The Morgan fingerprint density at radius 3 is 1.59 bits per heavy atom. The molecule has 1 nitrogen and oxygen atoms in total. The fourth-order valence-corrected chi connectivity index (χ4v) is 7.06. The van der Waals surface area contributed by atoms with Gasteiger partial charge in [-0.25, -0.2) is 0 Å². The van der Waals surface area contributed by atoms with Crippen LogP contribution in [-0.2, 0) is 0 Å². The smallest absolute Gasteiger partial charge is 0.0178 e. The maximum absolute atomic E-state index is 4.08. The minimum atomic E-state index is -0.169. The Labute approximate surface area is 135 Å². The van der Waals surface area contributed by atoms with Crippen molar-refractivity contribution < 1.29 is 0 Å². The number of hydrogen-bond donors (Lipinski definition) is 1. The number of nitrogens with one attached hydrogen (secondary N) is 1. The molecule has 0 amide bonds. The second kappa shape index (κ2) is 6.52. The molecule has 1 N–H and O–H groups in total. The highest BCUT2D eigenvalue weighted by molar-refractivity contribution is 7.56. The van der Waals surface area contributed by atoms with Crippen LogP contribution in [0.15, 0.2) is 60.7 Å². The van der Waals surface area contributed by atoms with Crippen LogP contribution in [0.3, 0.4) is 0 Å². The Morgan fingerprint density at radius 1 is 0.682 bits per heavy atom. The molecule has 4 rings (SSSR count). The quantitative estimate of drug-likeness (QED) is 0.704. The van der Waals surface area contributed by atoms with Gasteiger partial charge in [-0.2, -0.15) is 0 Å². The van der Waals surface area contributed by atoms with Crippen molar-refractivity contribution in [2.24, 2.45) is 0 Å². The molecule has 0 spiro atoms. The summed E-state index contributed by atoms with van der Waals surface area (Å²) >= 11 is 0. The molecule has 2 atom stereocenters. The van der Waals surface area contributed by atoms with Gasteiger partial charge in [-0.15, -0.1) is 0 Å². The van der Waals surface area contributed by atoms with Gasteiger partial charge < -0.3 is 0 Å². The van der Waals surface area contributed by atoms with E-state index in [0.29, 0.717) is 0 Å². The lowest BCUT2D eigenvalue weighted by Crippen LogP contribution is -2.32. The van der Waals surface area contributed by atoms with Gasteiger partial charge in [-0.05, 0) is 44.9 Å². The van der Waals surface area contributed by atoms with Gasteiger partial charge in [0.15, 0.2) is 0 Å². The van der Waals surface area contributed by atoms with Crippen LogP contribution < -0.4 is 5.09 Å².